The lowest BCUT2D eigenvalue weighted by Gasteiger charge is -2.41. The molecule has 0 saturated heterocycles. The second-order valence-electron chi connectivity index (χ2n) is 5.86. The van der Waals surface area contributed by atoms with Crippen molar-refractivity contribution in [2.75, 3.05) is 0 Å². The van der Waals surface area contributed by atoms with Crippen molar-refractivity contribution < 1.29 is 5.11 Å². The molecule has 3 nitrogen and oxygen atoms in total. The summed E-state index contributed by atoms with van der Waals surface area (Å²) in [5.41, 5.74) is 1.22. The standard InChI is InChI=1S/C14H24N2O/c1-4-16-12(8-10-15-16)13(17)11-7-5-6-9-14(11,2)3/h8,10-11,13,17H,4-7,9H2,1-3H3. The van der Waals surface area contributed by atoms with Crippen molar-refractivity contribution in [2.24, 2.45) is 11.3 Å². The fraction of sp³-hybridized carbons (Fsp3) is 0.786. The van der Waals surface area contributed by atoms with E-state index in [2.05, 4.69) is 25.9 Å². The van der Waals surface area contributed by atoms with Crippen molar-refractivity contribution in [2.45, 2.75) is 59.1 Å². The number of rotatable bonds is 3. The van der Waals surface area contributed by atoms with Crippen molar-refractivity contribution in [3.8, 4) is 0 Å². The molecule has 1 N–H and O–H groups in total. The minimum absolute atomic E-state index is 0.237. The van der Waals surface area contributed by atoms with Gasteiger partial charge in [-0.1, -0.05) is 26.7 Å². The highest BCUT2D eigenvalue weighted by Gasteiger charge is 2.38. The van der Waals surface area contributed by atoms with Crippen LogP contribution in [0.15, 0.2) is 12.3 Å². The van der Waals surface area contributed by atoms with E-state index in [1.807, 2.05) is 10.7 Å². The van der Waals surface area contributed by atoms with Crippen LogP contribution < -0.4 is 0 Å². The normalized spacial score (nSPS) is 25.8. The lowest BCUT2D eigenvalue weighted by Crippen LogP contribution is -2.33. The number of aromatic nitrogens is 2. The summed E-state index contributed by atoms with van der Waals surface area (Å²) in [5.74, 6) is 0.359. The number of hydrogen-bond donors (Lipinski definition) is 1. The van der Waals surface area contributed by atoms with Crippen LogP contribution in [-0.2, 0) is 6.54 Å². The van der Waals surface area contributed by atoms with Gasteiger partial charge in [0.05, 0.1) is 11.8 Å². The Morgan fingerprint density at radius 2 is 2.29 bits per heavy atom. The summed E-state index contributed by atoms with van der Waals surface area (Å²) >= 11 is 0. The molecule has 1 saturated carbocycles. The van der Waals surface area contributed by atoms with Gasteiger partial charge in [0, 0.05) is 12.7 Å². The smallest absolute Gasteiger partial charge is 0.0989 e. The molecule has 2 atom stereocenters. The molecule has 2 rings (SSSR count). The number of aliphatic hydroxyl groups is 1. The van der Waals surface area contributed by atoms with E-state index in [0.29, 0.717) is 5.92 Å². The van der Waals surface area contributed by atoms with Gasteiger partial charge in [0.15, 0.2) is 0 Å². The molecular weight excluding hydrogens is 212 g/mol. The highest BCUT2D eigenvalue weighted by atomic mass is 16.3. The van der Waals surface area contributed by atoms with E-state index in [4.69, 9.17) is 0 Å². The quantitative estimate of drug-likeness (QED) is 0.875. The molecule has 0 radical (unpaired) electrons. The largest absolute Gasteiger partial charge is 0.387 e. The molecule has 1 fully saturated rings. The van der Waals surface area contributed by atoms with Gasteiger partial charge >= 0.3 is 0 Å². The zero-order chi connectivity index (χ0) is 12.5. The van der Waals surface area contributed by atoms with Gasteiger partial charge in [0.2, 0.25) is 0 Å². The second kappa shape index (κ2) is 4.81. The molecule has 0 aromatic carbocycles. The summed E-state index contributed by atoms with van der Waals surface area (Å²) < 4.78 is 1.91. The maximum atomic E-state index is 10.6. The van der Waals surface area contributed by atoms with Gasteiger partial charge in [-0.3, -0.25) is 4.68 Å². The minimum Gasteiger partial charge on any atom is -0.387 e. The Bertz CT molecular complexity index is 370. The number of aryl methyl sites for hydroxylation is 1. The van der Waals surface area contributed by atoms with Gasteiger partial charge in [-0.05, 0) is 37.2 Å². The summed E-state index contributed by atoms with van der Waals surface area (Å²) in [7, 11) is 0. The lowest BCUT2D eigenvalue weighted by atomic mass is 9.66. The molecular formula is C14H24N2O. The summed E-state index contributed by atoms with van der Waals surface area (Å²) in [6, 6.07) is 1.96. The Morgan fingerprint density at radius 3 is 2.94 bits per heavy atom. The molecule has 1 heterocycles. The van der Waals surface area contributed by atoms with E-state index >= 15 is 0 Å². The third-order valence-electron chi connectivity index (χ3n) is 4.32. The summed E-state index contributed by atoms with van der Waals surface area (Å²) in [6.07, 6.45) is 6.30. The average Bonchev–Trinajstić information content (AvgIpc) is 2.75. The molecule has 96 valence electrons. The first-order valence-electron chi connectivity index (χ1n) is 6.76. The zero-order valence-corrected chi connectivity index (χ0v) is 11.2. The summed E-state index contributed by atoms with van der Waals surface area (Å²) in [5, 5.41) is 14.9. The first kappa shape index (κ1) is 12.6. The van der Waals surface area contributed by atoms with Crippen molar-refractivity contribution in [1.29, 1.82) is 0 Å². The van der Waals surface area contributed by atoms with Gasteiger partial charge in [-0.25, -0.2) is 0 Å². The van der Waals surface area contributed by atoms with Crippen LogP contribution in [0.4, 0.5) is 0 Å². The molecule has 1 aliphatic carbocycles. The fourth-order valence-electron chi connectivity index (χ4n) is 3.17. The molecule has 2 unspecified atom stereocenters. The Balaban J connectivity index is 2.21. The monoisotopic (exact) mass is 236 g/mol. The van der Waals surface area contributed by atoms with E-state index < -0.39 is 0 Å². The third-order valence-corrected chi connectivity index (χ3v) is 4.32. The lowest BCUT2D eigenvalue weighted by molar-refractivity contribution is -0.000973. The zero-order valence-electron chi connectivity index (χ0n) is 11.2. The van der Waals surface area contributed by atoms with Gasteiger partial charge < -0.3 is 5.11 Å². The van der Waals surface area contributed by atoms with Crippen LogP contribution in [0.5, 0.6) is 0 Å². The predicted molar refractivity (Wildman–Crippen MR) is 68.6 cm³/mol. The summed E-state index contributed by atoms with van der Waals surface area (Å²) in [6.45, 7) is 7.46. The van der Waals surface area contributed by atoms with E-state index in [9.17, 15) is 5.11 Å². The molecule has 0 bridgehead atoms. The molecule has 0 aliphatic heterocycles. The maximum Gasteiger partial charge on any atom is 0.0989 e. The SMILES string of the molecule is CCn1nccc1C(O)C1CCCCC1(C)C. The second-order valence-corrected chi connectivity index (χ2v) is 5.86. The van der Waals surface area contributed by atoms with E-state index in [-0.39, 0.29) is 11.5 Å². The first-order valence-corrected chi connectivity index (χ1v) is 6.76. The topological polar surface area (TPSA) is 38.0 Å². The van der Waals surface area contributed by atoms with Crippen molar-refractivity contribution in [1.82, 2.24) is 9.78 Å². The molecule has 1 aliphatic rings. The van der Waals surface area contributed by atoms with Gasteiger partial charge in [0.1, 0.15) is 0 Å². The molecule has 3 heteroatoms. The van der Waals surface area contributed by atoms with Crippen LogP contribution in [0.2, 0.25) is 0 Å². The molecule has 0 amide bonds. The number of nitrogens with zero attached hydrogens (tertiary/aromatic N) is 2. The Kier molecular flexibility index (Phi) is 3.57. The van der Waals surface area contributed by atoms with Crippen LogP contribution in [0.1, 0.15) is 58.3 Å². The Labute approximate surface area is 104 Å². The van der Waals surface area contributed by atoms with E-state index in [1.54, 1.807) is 6.20 Å². The van der Waals surface area contributed by atoms with Crippen molar-refractivity contribution >= 4 is 0 Å². The number of aliphatic hydroxyl groups excluding tert-OH is 1. The van der Waals surface area contributed by atoms with Crippen molar-refractivity contribution in [3.63, 3.8) is 0 Å². The molecule has 1 aromatic heterocycles. The average molecular weight is 236 g/mol. The van der Waals surface area contributed by atoms with Crippen LogP contribution >= 0.6 is 0 Å². The summed E-state index contributed by atoms with van der Waals surface area (Å²) in [4.78, 5) is 0. The van der Waals surface area contributed by atoms with Gasteiger partial charge in [0.25, 0.3) is 0 Å². The molecule has 17 heavy (non-hydrogen) atoms. The molecule has 1 aromatic rings. The highest BCUT2D eigenvalue weighted by molar-refractivity contribution is 5.08. The van der Waals surface area contributed by atoms with Crippen molar-refractivity contribution in [3.05, 3.63) is 18.0 Å². The molecule has 0 spiro atoms. The van der Waals surface area contributed by atoms with Gasteiger partial charge in [-0.2, -0.15) is 5.10 Å². The Morgan fingerprint density at radius 1 is 1.53 bits per heavy atom. The van der Waals surface area contributed by atoms with Crippen LogP contribution in [0.3, 0.4) is 0 Å². The van der Waals surface area contributed by atoms with E-state index in [1.165, 1.54) is 19.3 Å². The third kappa shape index (κ3) is 2.39. The van der Waals surface area contributed by atoms with Crippen LogP contribution in [-0.4, -0.2) is 14.9 Å². The maximum absolute atomic E-state index is 10.6. The minimum atomic E-state index is -0.368. The van der Waals surface area contributed by atoms with Crippen LogP contribution in [0, 0.1) is 11.3 Å². The highest BCUT2D eigenvalue weighted by Crippen LogP contribution is 2.46. The van der Waals surface area contributed by atoms with Gasteiger partial charge in [-0.15, -0.1) is 0 Å². The predicted octanol–water partition coefficient (Wildman–Crippen LogP) is 3.15. The number of hydrogen-bond acceptors (Lipinski definition) is 2. The first-order chi connectivity index (χ1) is 8.06. The van der Waals surface area contributed by atoms with E-state index in [0.717, 1.165) is 18.7 Å². The Hall–Kier alpha value is -0.830. The van der Waals surface area contributed by atoms with Crippen LogP contribution in [0.25, 0.3) is 0 Å². The fourth-order valence-corrected chi connectivity index (χ4v) is 3.17.